The first kappa shape index (κ1) is 38.9. The number of alkyl halides is 9. The second-order valence-corrected chi connectivity index (χ2v) is 9.98. The fourth-order valence-electron chi connectivity index (χ4n) is 4.25. The summed E-state index contributed by atoms with van der Waals surface area (Å²) in [6.07, 6.45) is -12.2. The number of halogens is 9. The van der Waals surface area contributed by atoms with Crippen LogP contribution >= 0.6 is 0 Å². The number of esters is 1. The molecule has 0 unspecified atom stereocenters. The van der Waals surface area contributed by atoms with Crippen molar-refractivity contribution in [1.29, 1.82) is 0 Å². The Morgan fingerprint density at radius 3 is 1.89 bits per heavy atom. The Balaban J connectivity index is 0.00000552. The van der Waals surface area contributed by atoms with Gasteiger partial charge in [0.2, 0.25) is 5.95 Å². The van der Waals surface area contributed by atoms with E-state index in [4.69, 9.17) is 9.47 Å². The molecule has 0 amide bonds. The Bertz CT molecular complexity index is 1420. The molecule has 0 saturated heterocycles. The molecular formula is C29H30F9N4NaO3. The molecule has 0 atom stereocenters. The summed E-state index contributed by atoms with van der Waals surface area (Å²) in [7, 11) is 3.12. The quantitative estimate of drug-likeness (QED) is 0.120. The Morgan fingerprint density at radius 1 is 0.826 bits per heavy atom. The van der Waals surface area contributed by atoms with E-state index in [2.05, 4.69) is 9.97 Å². The second-order valence-electron chi connectivity index (χ2n) is 9.98. The molecule has 2 aromatic carbocycles. The zero-order chi connectivity index (χ0) is 33.6. The van der Waals surface area contributed by atoms with E-state index in [1.807, 2.05) is 0 Å². The van der Waals surface area contributed by atoms with E-state index in [-0.39, 0.29) is 73.9 Å². The number of aromatic nitrogens is 2. The number of rotatable bonds is 12. The fourth-order valence-corrected chi connectivity index (χ4v) is 4.25. The number of carbonyl (C=O) groups is 1. The molecule has 0 aliphatic carbocycles. The molecule has 3 aromatic rings. The summed E-state index contributed by atoms with van der Waals surface area (Å²) in [5.41, 5.74) is -4.16. The topological polar surface area (TPSA) is 67.8 Å². The molecule has 248 valence electrons. The molecule has 17 heteroatoms. The van der Waals surface area contributed by atoms with E-state index in [1.165, 1.54) is 23.4 Å². The number of ether oxygens (including phenoxy) is 2. The monoisotopic (exact) mass is 676 g/mol. The first-order chi connectivity index (χ1) is 20.9. The Labute approximate surface area is 282 Å². The van der Waals surface area contributed by atoms with E-state index < -0.39 is 59.8 Å². The number of hydrogen-bond donors (Lipinski definition) is 0. The first-order valence-corrected chi connectivity index (χ1v) is 13.4. The molecule has 0 aliphatic rings. The van der Waals surface area contributed by atoms with Crippen molar-refractivity contribution in [3.8, 4) is 5.75 Å². The Morgan fingerprint density at radius 2 is 1.39 bits per heavy atom. The van der Waals surface area contributed by atoms with Crippen LogP contribution < -0.4 is 44.1 Å². The van der Waals surface area contributed by atoms with Crippen molar-refractivity contribution in [3.63, 3.8) is 0 Å². The van der Waals surface area contributed by atoms with Gasteiger partial charge in [-0.25, -0.2) is 9.97 Å². The molecule has 0 bridgehead atoms. The molecule has 0 N–H and O–H groups in total. The summed E-state index contributed by atoms with van der Waals surface area (Å²) in [5, 5.41) is 0. The molecule has 7 nitrogen and oxygen atoms in total. The number of nitrogens with zero attached hydrogens (tertiary/aromatic N) is 4. The fraction of sp³-hybridized carbons (Fsp3) is 0.414. The smallest absolute Gasteiger partial charge is 1.00 e. The minimum absolute atomic E-state index is 0. The van der Waals surface area contributed by atoms with Gasteiger partial charge in [0, 0.05) is 39.3 Å². The normalized spacial score (nSPS) is 11.9. The van der Waals surface area contributed by atoms with Crippen LogP contribution in [0.5, 0.6) is 5.75 Å². The van der Waals surface area contributed by atoms with Gasteiger partial charge in [-0.15, -0.1) is 0 Å². The van der Waals surface area contributed by atoms with Crippen LogP contribution in [0.15, 0.2) is 48.8 Å². The average molecular weight is 677 g/mol. The third-order valence-electron chi connectivity index (χ3n) is 6.27. The zero-order valence-corrected chi connectivity index (χ0v) is 27.3. The van der Waals surface area contributed by atoms with E-state index in [9.17, 15) is 44.3 Å². The van der Waals surface area contributed by atoms with Gasteiger partial charge in [-0.1, -0.05) is 0 Å². The maximum atomic E-state index is 13.6. The van der Waals surface area contributed by atoms with Crippen LogP contribution in [0.4, 0.5) is 51.1 Å². The van der Waals surface area contributed by atoms with Crippen molar-refractivity contribution in [3.05, 3.63) is 76.6 Å². The Hall–Kier alpha value is -3.24. The van der Waals surface area contributed by atoms with Crippen LogP contribution in [0.3, 0.4) is 0 Å². The summed E-state index contributed by atoms with van der Waals surface area (Å²) >= 11 is 0. The summed E-state index contributed by atoms with van der Waals surface area (Å²) in [6, 6.07) is 3.95. The average Bonchev–Trinajstić information content (AvgIpc) is 2.94. The van der Waals surface area contributed by atoms with Gasteiger partial charge in [-0.05, 0) is 60.9 Å². The van der Waals surface area contributed by atoms with Crippen molar-refractivity contribution in [2.75, 3.05) is 37.1 Å². The Kier molecular flexibility index (Phi) is 13.6. The minimum Gasteiger partial charge on any atom is -1.00 e. The first-order valence-electron chi connectivity index (χ1n) is 13.4. The van der Waals surface area contributed by atoms with Crippen molar-refractivity contribution in [2.24, 2.45) is 0 Å². The van der Waals surface area contributed by atoms with Gasteiger partial charge in [0.05, 0.1) is 42.3 Å². The summed E-state index contributed by atoms with van der Waals surface area (Å²) in [5.74, 6) is -0.491. The van der Waals surface area contributed by atoms with Gasteiger partial charge < -0.3 is 20.7 Å². The minimum atomic E-state index is -5.11. The van der Waals surface area contributed by atoms with Gasteiger partial charge in [-0.2, -0.15) is 39.5 Å². The molecule has 1 heterocycles. The summed E-state index contributed by atoms with van der Waals surface area (Å²) in [4.78, 5) is 22.4. The van der Waals surface area contributed by atoms with Crippen LogP contribution in [0, 0.1) is 0 Å². The van der Waals surface area contributed by atoms with Gasteiger partial charge in [0.1, 0.15) is 0 Å². The van der Waals surface area contributed by atoms with Crippen LogP contribution in [-0.2, 0) is 41.1 Å². The maximum absolute atomic E-state index is 13.6. The molecule has 0 radical (unpaired) electrons. The van der Waals surface area contributed by atoms with Crippen molar-refractivity contribution < 1.29 is 84.8 Å². The van der Waals surface area contributed by atoms with E-state index in [1.54, 1.807) is 21.0 Å². The molecule has 1 aromatic heterocycles. The molecular weight excluding hydrogens is 646 g/mol. The van der Waals surface area contributed by atoms with Crippen molar-refractivity contribution >= 4 is 17.6 Å². The van der Waals surface area contributed by atoms with Crippen molar-refractivity contribution in [1.82, 2.24) is 9.97 Å². The van der Waals surface area contributed by atoms with Gasteiger partial charge in [-0.3, -0.25) is 4.79 Å². The largest absolute Gasteiger partial charge is 1.00 e. The van der Waals surface area contributed by atoms with Crippen LogP contribution in [0.1, 0.15) is 49.0 Å². The van der Waals surface area contributed by atoms with Crippen LogP contribution in [-0.4, -0.2) is 43.2 Å². The number of benzene rings is 2. The van der Waals surface area contributed by atoms with Gasteiger partial charge in [0.15, 0.2) is 5.75 Å². The van der Waals surface area contributed by atoms with Gasteiger partial charge in [0.25, 0.3) is 0 Å². The van der Waals surface area contributed by atoms with E-state index in [0.29, 0.717) is 24.2 Å². The number of anilines is 2. The third-order valence-corrected chi connectivity index (χ3v) is 6.27. The second kappa shape index (κ2) is 16.0. The molecule has 0 saturated carbocycles. The van der Waals surface area contributed by atoms with E-state index in [0.717, 1.165) is 17.0 Å². The summed E-state index contributed by atoms with van der Waals surface area (Å²) in [6.45, 7) is 0.907. The standard InChI is InChI=1S/C29H29F9N4O3.Na.H/c1-4-44-25(43)6-5-9-45-23-14-39-26(40-15-23)42(17-19-12-20(27(30,31)32)7-8-24(19)41(2)3)16-18-10-21(28(33,34)35)13-22(11-18)29(36,37)38;;/h7-8,10-15H,4-6,9,16-17H2,1-3H3;;/q;+1;-1. The maximum Gasteiger partial charge on any atom is 1.00 e. The van der Waals surface area contributed by atoms with E-state index >= 15 is 0 Å². The zero-order valence-electron chi connectivity index (χ0n) is 26.3. The van der Waals surface area contributed by atoms with Gasteiger partial charge >= 0.3 is 54.1 Å². The molecule has 0 spiro atoms. The van der Waals surface area contributed by atoms with Crippen LogP contribution in [0.2, 0.25) is 0 Å². The molecule has 0 aliphatic heterocycles. The predicted octanol–water partition coefficient (Wildman–Crippen LogP) is 4.64. The SMILES string of the molecule is CCOC(=O)CCCOc1cnc(N(Cc2cc(C(F)(F)F)cc(C(F)(F)F)c2)Cc2cc(C(F)(F)F)ccc2N(C)C)nc1.[H-].[Na+]. The number of carbonyl (C=O) groups excluding carboxylic acids is 1. The molecule has 3 rings (SSSR count). The predicted molar refractivity (Wildman–Crippen MR) is 147 cm³/mol. The molecule has 46 heavy (non-hydrogen) atoms. The summed E-state index contributed by atoms with van der Waals surface area (Å²) < 4.78 is 132. The third kappa shape index (κ3) is 11.2. The van der Waals surface area contributed by atoms with Crippen LogP contribution in [0.25, 0.3) is 0 Å². The number of hydrogen-bond acceptors (Lipinski definition) is 7. The molecule has 0 fully saturated rings. The van der Waals surface area contributed by atoms with Crippen molar-refractivity contribution in [2.45, 2.75) is 51.4 Å².